The molecule has 142 valence electrons. The van der Waals surface area contributed by atoms with E-state index in [-0.39, 0.29) is 24.2 Å². The second-order valence-electron chi connectivity index (χ2n) is 6.60. The van der Waals surface area contributed by atoms with E-state index in [1.807, 2.05) is 31.2 Å². The Bertz CT molecular complexity index is 1060. The predicted molar refractivity (Wildman–Crippen MR) is 102 cm³/mol. The highest BCUT2D eigenvalue weighted by Crippen LogP contribution is 2.35. The van der Waals surface area contributed by atoms with E-state index in [2.05, 4.69) is 15.4 Å². The number of ketones is 1. The first-order valence-corrected chi connectivity index (χ1v) is 8.89. The van der Waals surface area contributed by atoms with Crippen molar-refractivity contribution in [3.63, 3.8) is 0 Å². The maximum Gasteiger partial charge on any atom is 0.226 e. The van der Waals surface area contributed by atoms with Crippen LogP contribution in [0.15, 0.2) is 66.1 Å². The number of nitrogens with one attached hydrogen (secondary N) is 1. The van der Waals surface area contributed by atoms with Crippen molar-refractivity contribution >= 4 is 11.7 Å². The van der Waals surface area contributed by atoms with Crippen LogP contribution in [-0.2, 0) is 11.4 Å². The highest BCUT2D eigenvalue weighted by Gasteiger charge is 2.31. The number of rotatable bonds is 5. The summed E-state index contributed by atoms with van der Waals surface area (Å²) >= 11 is 0. The molecule has 0 aliphatic carbocycles. The van der Waals surface area contributed by atoms with Gasteiger partial charge in [-0.1, -0.05) is 30.3 Å². The maximum atomic E-state index is 13.7. The second kappa shape index (κ2) is 7.26. The van der Waals surface area contributed by atoms with E-state index in [1.54, 1.807) is 29.8 Å². The lowest BCUT2D eigenvalue weighted by atomic mass is 9.93. The van der Waals surface area contributed by atoms with Gasteiger partial charge in [-0.2, -0.15) is 10.1 Å². The molecular weight excluding hydrogens is 359 g/mol. The van der Waals surface area contributed by atoms with Crippen molar-refractivity contribution < 1.29 is 13.9 Å². The van der Waals surface area contributed by atoms with Crippen molar-refractivity contribution in [3.05, 3.63) is 83.1 Å². The Balaban J connectivity index is 1.60. The van der Waals surface area contributed by atoms with E-state index < -0.39 is 0 Å². The minimum Gasteiger partial charge on any atom is -0.489 e. The van der Waals surface area contributed by atoms with Crippen LogP contribution >= 0.6 is 0 Å². The van der Waals surface area contributed by atoms with Gasteiger partial charge in [-0.25, -0.2) is 9.07 Å². The Morgan fingerprint density at radius 1 is 1.21 bits per heavy atom. The Morgan fingerprint density at radius 3 is 2.68 bits per heavy atom. The highest BCUT2D eigenvalue weighted by atomic mass is 19.1. The summed E-state index contributed by atoms with van der Waals surface area (Å²) in [7, 11) is 0. The molecule has 1 aromatic heterocycles. The Hall–Kier alpha value is -3.48. The molecular formula is C21H19FN4O2. The minimum absolute atomic E-state index is 0.0315. The van der Waals surface area contributed by atoms with E-state index in [9.17, 15) is 9.18 Å². The first-order valence-electron chi connectivity index (χ1n) is 8.89. The molecule has 0 bridgehead atoms. The van der Waals surface area contributed by atoms with Crippen molar-refractivity contribution in [2.75, 3.05) is 5.32 Å². The highest BCUT2D eigenvalue weighted by molar-refractivity contribution is 5.96. The van der Waals surface area contributed by atoms with Crippen LogP contribution in [0.4, 0.5) is 10.3 Å². The second-order valence-corrected chi connectivity index (χ2v) is 6.60. The zero-order chi connectivity index (χ0) is 19.7. The van der Waals surface area contributed by atoms with Gasteiger partial charge in [0, 0.05) is 16.8 Å². The van der Waals surface area contributed by atoms with Gasteiger partial charge >= 0.3 is 0 Å². The molecule has 0 saturated carbocycles. The lowest BCUT2D eigenvalue weighted by molar-refractivity contribution is -0.114. The summed E-state index contributed by atoms with van der Waals surface area (Å²) in [5, 5.41) is 7.39. The lowest BCUT2D eigenvalue weighted by Gasteiger charge is -2.28. The lowest BCUT2D eigenvalue weighted by Crippen LogP contribution is -2.27. The van der Waals surface area contributed by atoms with Gasteiger partial charge in [0.25, 0.3) is 0 Å². The average molecular weight is 378 g/mol. The number of aromatic nitrogens is 3. The van der Waals surface area contributed by atoms with Gasteiger partial charge in [-0.15, -0.1) is 0 Å². The monoisotopic (exact) mass is 378 g/mol. The number of anilines is 1. The average Bonchev–Trinajstić information content (AvgIpc) is 3.14. The van der Waals surface area contributed by atoms with E-state index in [0.29, 0.717) is 22.8 Å². The van der Waals surface area contributed by atoms with Crippen LogP contribution in [-0.4, -0.2) is 20.5 Å². The fourth-order valence-corrected chi connectivity index (χ4v) is 3.38. The number of halogens is 1. The molecule has 28 heavy (non-hydrogen) atoms. The van der Waals surface area contributed by atoms with Crippen LogP contribution < -0.4 is 10.1 Å². The largest absolute Gasteiger partial charge is 0.489 e. The number of allylic oxidation sites excluding steroid dienone is 2. The van der Waals surface area contributed by atoms with Crippen LogP contribution in [0.3, 0.4) is 0 Å². The van der Waals surface area contributed by atoms with E-state index in [1.165, 1.54) is 12.4 Å². The summed E-state index contributed by atoms with van der Waals surface area (Å²) in [5.41, 5.74) is 2.78. The van der Waals surface area contributed by atoms with Crippen LogP contribution in [0, 0.1) is 5.82 Å². The summed E-state index contributed by atoms with van der Waals surface area (Å²) in [6.07, 6.45) is 1.46. The SMILES string of the molecule is CC(=O)C1=C(C)Nc2ncnn2C1c1ccc(OCc2ccccc2F)cc1. The first-order chi connectivity index (χ1) is 13.5. The van der Waals surface area contributed by atoms with Gasteiger partial charge in [-0.05, 0) is 37.6 Å². The van der Waals surface area contributed by atoms with E-state index in [0.717, 1.165) is 11.3 Å². The van der Waals surface area contributed by atoms with Gasteiger partial charge in [0.1, 0.15) is 30.5 Å². The Kier molecular flexibility index (Phi) is 4.65. The summed E-state index contributed by atoms with van der Waals surface area (Å²) in [6, 6.07) is 13.5. The number of carbonyl (C=O) groups excluding carboxylic acids is 1. The summed E-state index contributed by atoms with van der Waals surface area (Å²) < 4.78 is 21.1. The fourth-order valence-electron chi connectivity index (χ4n) is 3.38. The smallest absolute Gasteiger partial charge is 0.226 e. The summed E-state index contributed by atoms with van der Waals surface area (Å²) in [6.45, 7) is 3.54. The summed E-state index contributed by atoms with van der Waals surface area (Å²) in [5.74, 6) is 0.882. The van der Waals surface area contributed by atoms with Crippen molar-refractivity contribution in [3.8, 4) is 5.75 Å². The van der Waals surface area contributed by atoms with Crippen LogP contribution in [0.2, 0.25) is 0 Å². The molecule has 1 aliphatic rings. The maximum absolute atomic E-state index is 13.7. The number of ether oxygens (including phenoxy) is 1. The van der Waals surface area contributed by atoms with Gasteiger partial charge < -0.3 is 10.1 Å². The Labute approximate surface area is 161 Å². The number of carbonyl (C=O) groups is 1. The predicted octanol–water partition coefficient (Wildman–Crippen LogP) is 3.87. The third-order valence-electron chi connectivity index (χ3n) is 4.72. The van der Waals surface area contributed by atoms with E-state index >= 15 is 0 Å². The van der Waals surface area contributed by atoms with Gasteiger partial charge in [0.2, 0.25) is 5.95 Å². The number of nitrogens with zero attached hydrogens (tertiary/aromatic N) is 3. The van der Waals surface area contributed by atoms with Crippen molar-refractivity contribution in [2.24, 2.45) is 0 Å². The van der Waals surface area contributed by atoms with Crippen molar-refractivity contribution in [1.82, 2.24) is 14.8 Å². The summed E-state index contributed by atoms with van der Waals surface area (Å²) in [4.78, 5) is 16.5. The third kappa shape index (κ3) is 3.26. The van der Waals surface area contributed by atoms with Crippen molar-refractivity contribution in [2.45, 2.75) is 26.5 Å². The van der Waals surface area contributed by atoms with Crippen molar-refractivity contribution in [1.29, 1.82) is 0 Å². The molecule has 2 heterocycles. The zero-order valence-electron chi connectivity index (χ0n) is 15.5. The molecule has 4 rings (SSSR count). The quantitative estimate of drug-likeness (QED) is 0.730. The fraction of sp³-hybridized carbons (Fsp3) is 0.190. The number of hydrogen-bond acceptors (Lipinski definition) is 5. The molecule has 1 unspecified atom stereocenters. The molecule has 7 heteroatoms. The van der Waals surface area contributed by atoms with Gasteiger partial charge in [0.05, 0.1) is 0 Å². The topological polar surface area (TPSA) is 69.0 Å². The number of fused-ring (bicyclic) bond motifs is 1. The standard InChI is InChI=1S/C21H19FN4O2/c1-13-19(14(2)27)20(26-21(25-13)23-12-24-26)15-7-9-17(10-8-15)28-11-16-5-3-4-6-18(16)22/h3-10,12,20H,11H2,1-2H3,(H,23,24,25). The molecule has 0 amide bonds. The van der Waals surface area contributed by atoms with Crippen LogP contribution in [0.25, 0.3) is 0 Å². The van der Waals surface area contributed by atoms with Gasteiger partial charge in [-0.3, -0.25) is 4.79 Å². The first kappa shape index (κ1) is 17.9. The third-order valence-corrected chi connectivity index (χ3v) is 4.72. The molecule has 0 radical (unpaired) electrons. The van der Waals surface area contributed by atoms with Gasteiger partial charge in [0.15, 0.2) is 5.78 Å². The molecule has 1 aliphatic heterocycles. The molecule has 0 saturated heterocycles. The normalized spacial score (nSPS) is 15.8. The number of hydrogen-bond donors (Lipinski definition) is 1. The van der Waals surface area contributed by atoms with E-state index in [4.69, 9.17) is 4.74 Å². The zero-order valence-corrected chi connectivity index (χ0v) is 15.5. The molecule has 0 spiro atoms. The number of Topliss-reactive ketones (excluding diaryl/α,β-unsaturated/α-hetero) is 1. The molecule has 1 N–H and O–H groups in total. The van der Waals surface area contributed by atoms with Crippen LogP contribution in [0.1, 0.15) is 31.0 Å². The minimum atomic E-state index is -0.364. The number of benzene rings is 2. The molecule has 2 aromatic carbocycles. The molecule has 6 nitrogen and oxygen atoms in total. The van der Waals surface area contributed by atoms with Crippen LogP contribution in [0.5, 0.6) is 5.75 Å². The molecule has 0 fully saturated rings. The Morgan fingerprint density at radius 2 is 1.96 bits per heavy atom. The molecule has 3 aromatic rings. The molecule has 1 atom stereocenters.